The average molecular weight is 642 g/mol. The Bertz CT molecular complexity index is 2740. The fraction of sp³-hybridized carbons (Fsp3) is 0.0652. The van der Waals surface area contributed by atoms with E-state index in [0.29, 0.717) is 23.4 Å². The van der Waals surface area contributed by atoms with Gasteiger partial charge < -0.3 is 4.42 Å². The molecule has 2 heterocycles. The van der Waals surface area contributed by atoms with Gasteiger partial charge in [-0.15, -0.1) is 0 Å². The fourth-order valence-corrected chi connectivity index (χ4v) is 7.82. The summed E-state index contributed by atoms with van der Waals surface area (Å²) in [5, 5.41) is 7.25. The highest BCUT2D eigenvalue weighted by Crippen LogP contribution is 2.44. The first-order chi connectivity index (χ1) is 24.7. The lowest BCUT2D eigenvalue weighted by atomic mass is 9.81. The van der Waals surface area contributed by atoms with Gasteiger partial charge in [-0.1, -0.05) is 146 Å². The molecule has 9 aromatic rings. The molecule has 0 bridgehead atoms. The van der Waals surface area contributed by atoms with Gasteiger partial charge in [0.2, 0.25) is 0 Å². The van der Waals surface area contributed by atoms with Gasteiger partial charge in [-0.3, -0.25) is 0 Å². The second kappa shape index (κ2) is 11.4. The summed E-state index contributed by atoms with van der Waals surface area (Å²) in [4.78, 5) is 15.0. The van der Waals surface area contributed by atoms with Crippen molar-refractivity contribution in [2.24, 2.45) is 0 Å². The zero-order valence-electron chi connectivity index (χ0n) is 27.5. The summed E-state index contributed by atoms with van der Waals surface area (Å²) in [6.07, 6.45) is 5.71. The predicted molar refractivity (Wildman–Crippen MR) is 206 cm³/mol. The number of para-hydroxylation sites is 1. The highest BCUT2D eigenvalue weighted by atomic mass is 16.3. The third kappa shape index (κ3) is 4.49. The van der Waals surface area contributed by atoms with Gasteiger partial charge in [-0.2, -0.15) is 0 Å². The van der Waals surface area contributed by atoms with Crippen LogP contribution in [0.2, 0.25) is 0 Å². The number of benzene rings is 7. The molecule has 4 nitrogen and oxygen atoms in total. The normalized spacial score (nSPS) is 14.1. The van der Waals surface area contributed by atoms with Crippen molar-refractivity contribution >= 4 is 49.6 Å². The highest BCUT2D eigenvalue weighted by molar-refractivity contribution is 6.17. The lowest BCUT2D eigenvalue weighted by molar-refractivity contribution is 0.670. The van der Waals surface area contributed by atoms with Crippen molar-refractivity contribution in [1.29, 1.82) is 0 Å². The van der Waals surface area contributed by atoms with E-state index in [2.05, 4.69) is 85.8 Å². The molecule has 0 fully saturated rings. The standard InChI is InChI=1S/C46H31N3O/c1-28-13-10-21-36-39-27-31(25-26-34(39)33-18-8-9-19-35(33)41(28)36)32-20-11-22-37-42-38(23-12-24-40(42)50-43(32)37)46-48-44(29-14-4-2-5-15-29)47-45(49-46)30-16-6-3-7-17-30/h2-12,14-28H,13H2,1H3. The number of hydrogen-bond acceptors (Lipinski definition) is 4. The van der Waals surface area contributed by atoms with Crippen LogP contribution < -0.4 is 0 Å². The maximum absolute atomic E-state index is 6.76. The minimum atomic E-state index is 0.463. The quantitative estimate of drug-likeness (QED) is 0.179. The van der Waals surface area contributed by atoms with Crippen LogP contribution in [-0.4, -0.2) is 15.0 Å². The average Bonchev–Trinajstić information content (AvgIpc) is 3.58. The van der Waals surface area contributed by atoms with Crippen LogP contribution in [0.25, 0.3) is 94.8 Å². The Hall–Kier alpha value is -6.39. The third-order valence-corrected chi connectivity index (χ3v) is 10.1. The van der Waals surface area contributed by atoms with E-state index in [0.717, 1.165) is 56.2 Å². The number of rotatable bonds is 4. The molecule has 0 spiro atoms. The summed E-state index contributed by atoms with van der Waals surface area (Å²) in [5.41, 5.74) is 9.41. The van der Waals surface area contributed by atoms with Gasteiger partial charge in [-0.05, 0) is 62.7 Å². The van der Waals surface area contributed by atoms with Gasteiger partial charge in [-0.25, -0.2) is 15.0 Å². The van der Waals surface area contributed by atoms with Crippen LogP contribution >= 0.6 is 0 Å². The van der Waals surface area contributed by atoms with E-state index in [1.54, 1.807) is 0 Å². The second-order valence-electron chi connectivity index (χ2n) is 13.2. The Morgan fingerprint density at radius 2 is 1.14 bits per heavy atom. The van der Waals surface area contributed by atoms with Crippen LogP contribution in [0.1, 0.15) is 30.4 Å². The first kappa shape index (κ1) is 28.6. The van der Waals surface area contributed by atoms with Crippen LogP contribution in [0.3, 0.4) is 0 Å². The van der Waals surface area contributed by atoms with Crippen molar-refractivity contribution in [3.8, 4) is 45.3 Å². The Morgan fingerprint density at radius 3 is 1.90 bits per heavy atom. The van der Waals surface area contributed by atoms with Crippen molar-refractivity contribution < 1.29 is 4.42 Å². The summed E-state index contributed by atoms with van der Waals surface area (Å²) >= 11 is 0. The van der Waals surface area contributed by atoms with Crippen LogP contribution in [0.15, 0.2) is 150 Å². The monoisotopic (exact) mass is 641 g/mol. The molecule has 1 aliphatic rings. The smallest absolute Gasteiger partial charge is 0.164 e. The molecule has 1 atom stereocenters. The van der Waals surface area contributed by atoms with Crippen LogP contribution in [0, 0.1) is 0 Å². The summed E-state index contributed by atoms with van der Waals surface area (Å²) < 4.78 is 6.76. The molecule has 0 saturated carbocycles. The molecule has 1 unspecified atom stereocenters. The van der Waals surface area contributed by atoms with Gasteiger partial charge in [0.1, 0.15) is 11.2 Å². The zero-order valence-corrected chi connectivity index (χ0v) is 27.5. The van der Waals surface area contributed by atoms with E-state index >= 15 is 0 Å². The molecule has 10 rings (SSSR count). The molecule has 0 amide bonds. The first-order valence-electron chi connectivity index (χ1n) is 17.2. The van der Waals surface area contributed by atoms with Crippen molar-refractivity contribution in [2.45, 2.75) is 19.3 Å². The van der Waals surface area contributed by atoms with E-state index in [9.17, 15) is 0 Å². The Kier molecular flexibility index (Phi) is 6.50. The summed E-state index contributed by atoms with van der Waals surface area (Å²) in [6.45, 7) is 2.34. The number of nitrogens with zero attached hydrogens (tertiary/aromatic N) is 3. The largest absolute Gasteiger partial charge is 0.455 e. The van der Waals surface area contributed by atoms with Crippen LogP contribution in [-0.2, 0) is 0 Å². The molecule has 236 valence electrons. The second-order valence-corrected chi connectivity index (χ2v) is 13.2. The van der Waals surface area contributed by atoms with Gasteiger partial charge in [0, 0.05) is 33.0 Å². The molecule has 1 aliphatic carbocycles. The molecule has 0 radical (unpaired) electrons. The molecule has 50 heavy (non-hydrogen) atoms. The minimum absolute atomic E-state index is 0.463. The lowest BCUT2D eigenvalue weighted by Gasteiger charge is -2.23. The maximum atomic E-state index is 6.76. The van der Waals surface area contributed by atoms with E-state index in [4.69, 9.17) is 19.4 Å². The number of hydrogen-bond donors (Lipinski definition) is 0. The molecule has 0 N–H and O–H groups in total. The molecule has 0 saturated heterocycles. The molecular formula is C46H31N3O. The first-order valence-corrected chi connectivity index (χ1v) is 17.2. The number of fused-ring (bicyclic) bond motifs is 9. The molecule has 2 aromatic heterocycles. The lowest BCUT2D eigenvalue weighted by Crippen LogP contribution is -2.02. The number of allylic oxidation sites excluding steroid dienone is 1. The van der Waals surface area contributed by atoms with Gasteiger partial charge >= 0.3 is 0 Å². The van der Waals surface area contributed by atoms with Crippen LogP contribution in [0.5, 0.6) is 0 Å². The SMILES string of the molecule is CC1CC=Cc2c1c1ccccc1c1ccc(-c3cccc4c3oc3cccc(-c5nc(-c6ccccc6)nc(-c6ccccc6)n5)c34)cc21. The number of aromatic nitrogens is 3. The van der Waals surface area contributed by atoms with Crippen molar-refractivity contribution in [3.05, 3.63) is 157 Å². The van der Waals surface area contributed by atoms with Gasteiger partial charge in [0.15, 0.2) is 17.5 Å². The van der Waals surface area contributed by atoms with E-state index in [-0.39, 0.29) is 0 Å². The summed E-state index contributed by atoms with van der Waals surface area (Å²) in [5.74, 6) is 2.34. The fourth-order valence-electron chi connectivity index (χ4n) is 7.82. The molecule has 7 aromatic carbocycles. The Morgan fingerprint density at radius 1 is 0.520 bits per heavy atom. The van der Waals surface area contributed by atoms with Crippen LogP contribution in [0.4, 0.5) is 0 Å². The number of furan rings is 1. The zero-order chi connectivity index (χ0) is 33.2. The predicted octanol–water partition coefficient (Wildman–Crippen LogP) is 12.3. The van der Waals surface area contributed by atoms with Gasteiger partial charge in [0.25, 0.3) is 0 Å². The topological polar surface area (TPSA) is 51.8 Å². The van der Waals surface area contributed by atoms with Crippen molar-refractivity contribution in [3.63, 3.8) is 0 Å². The van der Waals surface area contributed by atoms with Crippen molar-refractivity contribution in [1.82, 2.24) is 15.0 Å². The molecule has 0 aliphatic heterocycles. The third-order valence-electron chi connectivity index (χ3n) is 10.1. The maximum Gasteiger partial charge on any atom is 0.164 e. The Labute approximate surface area is 289 Å². The summed E-state index contributed by atoms with van der Waals surface area (Å²) in [7, 11) is 0. The molecular weight excluding hydrogens is 611 g/mol. The van der Waals surface area contributed by atoms with E-state index in [1.807, 2.05) is 72.8 Å². The highest BCUT2D eigenvalue weighted by Gasteiger charge is 2.22. The summed E-state index contributed by atoms with van der Waals surface area (Å²) in [6, 6.07) is 48.5. The molecule has 4 heteroatoms. The minimum Gasteiger partial charge on any atom is -0.455 e. The van der Waals surface area contributed by atoms with E-state index in [1.165, 1.54) is 32.7 Å². The van der Waals surface area contributed by atoms with E-state index < -0.39 is 0 Å². The van der Waals surface area contributed by atoms with Crippen molar-refractivity contribution in [2.75, 3.05) is 0 Å². The Balaban J connectivity index is 1.19. The van der Waals surface area contributed by atoms with Gasteiger partial charge in [0.05, 0.1) is 0 Å².